The molecule has 1 aromatic heterocycles. The van der Waals surface area contributed by atoms with E-state index in [9.17, 15) is 17.6 Å². The number of aromatic nitrogens is 1. The monoisotopic (exact) mass is 205 g/mol. The van der Waals surface area contributed by atoms with Crippen molar-refractivity contribution in [2.75, 3.05) is 0 Å². The van der Waals surface area contributed by atoms with E-state index in [2.05, 4.69) is 4.98 Å². The van der Waals surface area contributed by atoms with Gasteiger partial charge in [-0.2, -0.15) is 13.2 Å². The lowest BCUT2D eigenvalue weighted by Crippen LogP contribution is -2.05. The number of alkyl halides is 3. The smallest absolute Gasteiger partial charge is 0.253 e. The summed E-state index contributed by atoms with van der Waals surface area (Å²) in [7, 11) is 0. The molecule has 0 fully saturated rings. The average Bonchev–Trinajstić information content (AvgIpc) is 2.15. The molecule has 1 rings (SSSR count). The predicted molar refractivity (Wildman–Crippen MR) is 44.0 cm³/mol. The number of hydrogen-bond acceptors (Lipinski definition) is 1. The lowest BCUT2D eigenvalue weighted by atomic mass is 10.2. The van der Waals surface area contributed by atoms with Crippen molar-refractivity contribution in [1.82, 2.24) is 4.98 Å². The molecule has 0 N–H and O–H groups in total. The van der Waals surface area contributed by atoms with Crippen molar-refractivity contribution < 1.29 is 17.6 Å². The Hall–Kier alpha value is -1.39. The minimum Gasteiger partial charge on any atom is -0.253 e. The Morgan fingerprint density at radius 2 is 2.00 bits per heavy atom. The molecule has 0 radical (unpaired) electrons. The second kappa shape index (κ2) is 3.77. The van der Waals surface area contributed by atoms with E-state index in [1.54, 1.807) is 0 Å². The van der Waals surface area contributed by atoms with E-state index >= 15 is 0 Å². The topological polar surface area (TPSA) is 12.9 Å². The van der Waals surface area contributed by atoms with E-state index < -0.39 is 17.6 Å². The number of pyridine rings is 1. The van der Waals surface area contributed by atoms with Gasteiger partial charge < -0.3 is 0 Å². The van der Waals surface area contributed by atoms with Crippen molar-refractivity contribution >= 4 is 5.83 Å². The minimum atomic E-state index is -4.43. The van der Waals surface area contributed by atoms with Gasteiger partial charge in [0.15, 0.2) is 0 Å². The van der Waals surface area contributed by atoms with Crippen LogP contribution in [-0.2, 0) is 6.18 Å². The summed E-state index contributed by atoms with van der Waals surface area (Å²) < 4.78 is 49.0. The lowest BCUT2D eigenvalue weighted by molar-refractivity contribution is -0.137. The second-order valence-electron chi connectivity index (χ2n) is 2.57. The molecule has 1 nitrogen and oxygen atoms in total. The molecular formula is C9H7F4N. The first kappa shape index (κ1) is 10.7. The SMILES string of the molecule is C/C=C(\F)c1ccc(C(F)(F)F)cn1. The highest BCUT2D eigenvalue weighted by Gasteiger charge is 2.30. The van der Waals surface area contributed by atoms with Gasteiger partial charge in [-0.15, -0.1) is 0 Å². The number of nitrogens with zero attached hydrogens (tertiary/aromatic N) is 1. The Kier molecular flexibility index (Phi) is 2.88. The van der Waals surface area contributed by atoms with Crippen LogP contribution in [0.1, 0.15) is 18.2 Å². The van der Waals surface area contributed by atoms with Crippen LogP contribution in [0.3, 0.4) is 0 Å². The van der Waals surface area contributed by atoms with Gasteiger partial charge in [-0.25, -0.2) is 4.39 Å². The fourth-order valence-corrected chi connectivity index (χ4v) is 0.851. The van der Waals surface area contributed by atoms with Crippen LogP contribution in [0.5, 0.6) is 0 Å². The van der Waals surface area contributed by atoms with Crippen LogP contribution in [0, 0.1) is 0 Å². The number of halogens is 4. The van der Waals surface area contributed by atoms with E-state index in [0.29, 0.717) is 6.20 Å². The highest BCUT2D eigenvalue weighted by atomic mass is 19.4. The summed E-state index contributed by atoms with van der Waals surface area (Å²) in [5.41, 5.74) is -0.981. The zero-order valence-corrected chi connectivity index (χ0v) is 7.27. The van der Waals surface area contributed by atoms with Crippen LogP contribution in [-0.4, -0.2) is 4.98 Å². The molecule has 0 aliphatic rings. The molecule has 0 saturated heterocycles. The minimum absolute atomic E-state index is 0.0968. The largest absolute Gasteiger partial charge is 0.417 e. The number of allylic oxidation sites excluding steroid dienone is 1. The molecule has 76 valence electrons. The summed E-state index contributed by atoms with van der Waals surface area (Å²) in [6, 6.07) is 1.80. The van der Waals surface area contributed by atoms with Crippen molar-refractivity contribution in [3.63, 3.8) is 0 Å². The van der Waals surface area contributed by atoms with Crippen molar-refractivity contribution in [3.05, 3.63) is 35.7 Å². The quantitative estimate of drug-likeness (QED) is 0.640. The van der Waals surface area contributed by atoms with Crippen LogP contribution in [0.25, 0.3) is 5.83 Å². The zero-order chi connectivity index (χ0) is 10.8. The van der Waals surface area contributed by atoms with E-state index in [-0.39, 0.29) is 5.69 Å². The summed E-state index contributed by atoms with van der Waals surface area (Å²) >= 11 is 0. The van der Waals surface area contributed by atoms with Crippen molar-refractivity contribution in [2.45, 2.75) is 13.1 Å². The standard InChI is InChI=1S/C9H7F4N/c1-2-7(10)8-4-3-6(5-14-8)9(11,12)13/h2-5H,1H3/b7-2-. The Bertz CT molecular complexity index is 337. The maximum atomic E-state index is 12.8. The van der Waals surface area contributed by atoms with Crippen LogP contribution >= 0.6 is 0 Å². The molecule has 0 spiro atoms. The third-order valence-corrected chi connectivity index (χ3v) is 1.59. The van der Waals surface area contributed by atoms with Gasteiger partial charge in [0.2, 0.25) is 0 Å². The molecule has 5 heteroatoms. The molecular weight excluding hydrogens is 198 g/mol. The highest BCUT2D eigenvalue weighted by Crippen LogP contribution is 2.29. The van der Waals surface area contributed by atoms with Crippen molar-refractivity contribution in [3.8, 4) is 0 Å². The summed E-state index contributed by atoms with van der Waals surface area (Å²) in [6.07, 6.45) is -2.69. The average molecular weight is 205 g/mol. The lowest BCUT2D eigenvalue weighted by Gasteiger charge is -2.05. The van der Waals surface area contributed by atoms with E-state index in [4.69, 9.17) is 0 Å². The summed E-state index contributed by atoms with van der Waals surface area (Å²) in [4.78, 5) is 3.35. The maximum absolute atomic E-state index is 12.8. The van der Waals surface area contributed by atoms with Crippen LogP contribution in [0.15, 0.2) is 24.4 Å². The molecule has 0 unspecified atom stereocenters. The van der Waals surface area contributed by atoms with Gasteiger partial charge >= 0.3 is 6.18 Å². The first-order valence-electron chi connectivity index (χ1n) is 3.80. The molecule has 0 aliphatic heterocycles. The molecule has 0 bridgehead atoms. The van der Waals surface area contributed by atoms with Gasteiger partial charge in [-0.05, 0) is 25.1 Å². The Balaban J connectivity index is 3.01. The molecule has 0 saturated carbocycles. The first-order chi connectivity index (χ1) is 6.45. The summed E-state index contributed by atoms with van der Waals surface area (Å²) in [6.45, 7) is 1.44. The Labute approximate surface area is 78.1 Å². The van der Waals surface area contributed by atoms with E-state index in [0.717, 1.165) is 18.2 Å². The van der Waals surface area contributed by atoms with Gasteiger partial charge in [0.05, 0.1) is 11.3 Å². The predicted octanol–water partition coefficient (Wildman–Crippen LogP) is 3.43. The molecule has 0 aliphatic carbocycles. The normalized spacial score (nSPS) is 13.1. The third kappa shape index (κ3) is 2.31. The summed E-state index contributed by atoms with van der Waals surface area (Å²) in [5.74, 6) is -0.640. The van der Waals surface area contributed by atoms with Gasteiger partial charge in [-0.3, -0.25) is 4.98 Å². The molecule has 0 atom stereocenters. The maximum Gasteiger partial charge on any atom is 0.417 e. The van der Waals surface area contributed by atoms with Crippen LogP contribution in [0.2, 0.25) is 0 Å². The first-order valence-corrected chi connectivity index (χ1v) is 3.80. The van der Waals surface area contributed by atoms with Gasteiger partial charge in [0, 0.05) is 6.20 Å². The molecule has 14 heavy (non-hydrogen) atoms. The van der Waals surface area contributed by atoms with E-state index in [1.807, 2.05) is 0 Å². The number of hydrogen-bond donors (Lipinski definition) is 0. The fraction of sp³-hybridized carbons (Fsp3) is 0.222. The van der Waals surface area contributed by atoms with Crippen LogP contribution in [0.4, 0.5) is 17.6 Å². The fourth-order valence-electron chi connectivity index (χ4n) is 0.851. The highest BCUT2D eigenvalue weighted by molar-refractivity contribution is 5.54. The molecule has 0 aromatic carbocycles. The zero-order valence-electron chi connectivity index (χ0n) is 7.27. The van der Waals surface area contributed by atoms with E-state index in [1.165, 1.54) is 6.92 Å². The van der Waals surface area contributed by atoms with Gasteiger partial charge in [0.25, 0.3) is 0 Å². The van der Waals surface area contributed by atoms with Crippen molar-refractivity contribution in [2.24, 2.45) is 0 Å². The third-order valence-electron chi connectivity index (χ3n) is 1.59. The summed E-state index contributed by atoms with van der Waals surface area (Å²) in [5, 5.41) is 0. The second-order valence-corrected chi connectivity index (χ2v) is 2.57. The Morgan fingerprint density at radius 3 is 2.36 bits per heavy atom. The van der Waals surface area contributed by atoms with Gasteiger partial charge in [-0.1, -0.05) is 0 Å². The van der Waals surface area contributed by atoms with Gasteiger partial charge in [0.1, 0.15) is 5.83 Å². The van der Waals surface area contributed by atoms with Crippen molar-refractivity contribution in [1.29, 1.82) is 0 Å². The number of rotatable bonds is 1. The van der Waals surface area contributed by atoms with Crippen LogP contribution < -0.4 is 0 Å². The Morgan fingerprint density at radius 1 is 1.36 bits per heavy atom. The molecule has 1 heterocycles. The molecule has 1 aromatic rings. The molecule has 0 amide bonds.